The van der Waals surface area contributed by atoms with E-state index in [-0.39, 0.29) is 29.0 Å². The lowest BCUT2D eigenvalue weighted by atomic mass is 9.53. The van der Waals surface area contributed by atoms with Crippen LogP contribution in [0.5, 0.6) is 0 Å². The number of hydrogen-bond donors (Lipinski definition) is 1. The van der Waals surface area contributed by atoms with E-state index in [9.17, 15) is 9.90 Å². The smallest absolute Gasteiger partial charge is 0.303 e. The molecule has 1 saturated heterocycles. The molecule has 0 radical (unpaired) electrons. The highest BCUT2D eigenvalue weighted by Crippen LogP contribution is 2.78. The van der Waals surface area contributed by atoms with E-state index in [1.807, 2.05) is 0 Å². The van der Waals surface area contributed by atoms with Crippen LogP contribution >= 0.6 is 0 Å². The van der Waals surface area contributed by atoms with E-state index in [1.165, 1.54) is 16.7 Å². The van der Waals surface area contributed by atoms with Gasteiger partial charge in [-0.25, -0.2) is 0 Å². The van der Waals surface area contributed by atoms with Crippen molar-refractivity contribution in [3.8, 4) is 0 Å². The van der Waals surface area contributed by atoms with E-state index < -0.39 is 5.97 Å². The molecular formula is C21H24O3. The Kier molecular flexibility index (Phi) is 2.65. The monoisotopic (exact) mass is 324 g/mol. The van der Waals surface area contributed by atoms with Crippen molar-refractivity contribution in [1.82, 2.24) is 0 Å². The van der Waals surface area contributed by atoms with Crippen molar-refractivity contribution in [2.75, 3.05) is 0 Å². The van der Waals surface area contributed by atoms with E-state index in [0.29, 0.717) is 5.92 Å². The zero-order valence-electron chi connectivity index (χ0n) is 14.2. The van der Waals surface area contributed by atoms with Gasteiger partial charge in [-0.2, -0.15) is 0 Å². The minimum Gasteiger partial charge on any atom is -0.481 e. The Morgan fingerprint density at radius 2 is 2.12 bits per heavy atom. The Balaban J connectivity index is 1.59. The van der Waals surface area contributed by atoms with Gasteiger partial charge in [0.05, 0.1) is 0 Å². The number of hydrogen-bond acceptors (Lipinski definition) is 2. The van der Waals surface area contributed by atoms with Crippen molar-refractivity contribution in [2.24, 2.45) is 17.3 Å². The summed E-state index contributed by atoms with van der Waals surface area (Å²) in [5.74, 6) is -0.188. The molecule has 126 valence electrons. The van der Waals surface area contributed by atoms with Crippen molar-refractivity contribution in [2.45, 2.75) is 56.7 Å². The Hall–Kier alpha value is -1.61. The average Bonchev–Trinajstić information content (AvgIpc) is 3.17. The first kappa shape index (κ1) is 14.7. The predicted octanol–water partition coefficient (Wildman–Crippen LogP) is 4.06. The van der Waals surface area contributed by atoms with Crippen LogP contribution in [0.2, 0.25) is 0 Å². The summed E-state index contributed by atoms with van der Waals surface area (Å²) in [5, 5.41) is 9.34. The van der Waals surface area contributed by atoms with E-state index in [4.69, 9.17) is 4.74 Å². The molecule has 0 unspecified atom stereocenters. The van der Waals surface area contributed by atoms with E-state index >= 15 is 0 Å². The first-order valence-electron chi connectivity index (χ1n) is 9.11. The molecule has 1 aromatic rings. The van der Waals surface area contributed by atoms with Crippen LogP contribution in [0, 0.1) is 17.3 Å². The highest BCUT2D eigenvalue weighted by Gasteiger charge is 2.81. The van der Waals surface area contributed by atoms with Crippen LogP contribution < -0.4 is 0 Å². The molecule has 24 heavy (non-hydrogen) atoms. The third-order valence-corrected chi connectivity index (χ3v) is 7.63. The van der Waals surface area contributed by atoms with Crippen molar-refractivity contribution in [3.63, 3.8) is 0 Å². The highest BCUT2D eigenvalue weighted by atomic mass is 16.6. The van der Waals surface area contributed by atoms with Crippen molar-refractivity contribution in [1.29, 1.82) is 0 Å². The van der Waals surface area contributed by atoms with Crippen LogP contribution in [0.15, 0.2) is 36.4 Å². The van der Waals surface area contributed by atoms with Gasteiger partial charge >= 0.3 is 5.97 Å². The predicted molar refractivity (Wildman–Crippen MR) is 90.6 cm³/mol. The molecule has 0 spiro atoms. The Morgan fingerprint density at radius 3 is 2.92 bits per heavy atom. The number of ether oxygens (including phenoxy) is 1. The third-order valence-electron chi connectivity index (χ3n) is 7.63. The van der Waals surface area contributed by atoms with Crippen LogP contribution in [0.25, 0.3) is 0 Å². The zero-order chi connectivity index (χ0) is 16.7. The van der Waals surface area contributed by atoms with Crippen molar-refractivity contribution >= 4 is 5.97 Å². The van der Waals surface area contributed by atoms with Gasteiger partial charge in [0.1, 0.15) is 11.2 Å². The third kappa shape index (κ3) is 1.50. The summed E-state index contributed by atoms with van der Waals surface area (Å²) in [6, 6.07) is 8.72. The Bertz CT molecular complexity index is 768. The van der Waals surface area contributed by atoms with Gasteiger partial charge in [0.15, 0.2) is 0 Å². The van der Waals surface area contributed by atoms with Crippen molar-refractivity contribution < 1.29 is 14.6 Å². The maximum absolute atomic E-state index is 11.4. The molecule has 2 saturated carbocycles. The molecule has 3 aliphatic carbocycles. The molecule has 3 heteroatoms. The fourth-order valence-electron chi connectivity index (χ4n) is 6.65. The van der Waals surface area contributed by atoms with Crippen molar-refractivity contribution in [3.05, 3.63) is 47.5 Å². The topological polar surface area (TPSA) is 49.8 Å². The molecular weight excluding hydrogens is 300 g/mol. The van der Waals surface area contributed by atoms with Gasteiger partial charge in [0.25, 0.3) is 0 Å². The lowest BCUT2D eigenvalue weighted by Crippen LogP contribution is -2.49. The molecule has 4 aliphatic rings. The minimum absolute atomic E-state index is 0.0156. The molecule has 5 atom stereocenters. The summed E-state index contributed by atoms with van der Waals surface area (Å²) in [7, 11) is 0. The van der Waals surface area contributed by atoms with Crippen LogP contribution in [0.3, 0.4) is 0 Å². The number of carboxylic acids is 1. The minimum atomic E-state index is -0.685. The molecule has 3 fully saturated rings. The standard InChI is InChI=1S/C21H24O3/c1-13-11-15(12-17(22)23)19(2)9-10-20-16-6-4-3-5-14(16)7-8-21(20,24-20)18(13)19/h3-6,15,18H,1,7-12H2,2H3,(H,22,23)/t15-,18+,19+,20-,21-/m0/s1. The summed E-state index contributed by atoms with van der Waals surface area (Å²) in [6.07, 6.45) is 5.25. The van der Waals surface area contributed by atoms with E-state index in [1.54, 1.807) is 0 Å². The lowest BCUT2D eigenvalue weighted by molar-refractivity contribution is -0.139. The summed E-state index contributed by atoms with van der Waals surface area (Å²) in [4.78, 5) is 11.4. The molecule has 1 heterocycles. The van der Waals surface area contributed by atoms with Gasteiger partial charge in [0, 0.05) is 12.3 Å². The molecule has 5 rings (SSSR count). The zero-order valence-corrected chi connectivity index (χ0v) is 14.2. The number of fused-ring (bicyclic) bond motifs is 2. The number of carbonyl (C=O) groups is 1. The molecule has 1 aliphatic heterocycles. The van der Waals surface area contributed by atoms with Gasteiger partial charge < -0.3 is 9.84 Å². The van der Waals surface area contributed by atoms with E-state index in [0.717, 1.165) is 32.1 Å². The molecule has 1 N–H and O–H groups in total. The SMILES string of the molecule is C=C1C[C@@H](CC(=O)O)[C@@]2(C)CC[C@@]34O[C@@]3(CCc3ccccc34)[C@H]12. The number of carboxylic acid groups (broad SMARTS) is 1. The summed E-state index contributed by atoms with van der Waals surface area (Å²) < 4.78 is 6.63. The first-order chi connectivity index (χ1) is 11.4. The molecule has 0 bridgehead atoms. The Morgan fingerprint density at radius 1 is 1.33 bits per heavy atom. The second kappa shape index (κ2) is 4.32. The fourth-order valence-corrected chi connectivity index (χ4v) is 6.65. The van der Waals surface area contributed by atoms with Crippen LogP contribution in [-0.2, 0) is 21.6 Å². The number of aliphatic carboxylic acids is 1. The fraction of sp³-hybridized carbons (Fsp3) is 0.571. The quantitative estimate of drug-likeness (QED) is 0.659. The van der Waals surface area contributed by atoms with Gasteiger partial charge in [-0.3, -0.25) is 4.79 Å². The Labute approximate surface area is 142 Å². The number of epoxide rings is 1. The van der Waals surface area contributed by atoms with Gasteiger partial charge in [-0.05, 0) is 54.6 Å². The molecule has 0 amide bonds. The summed E-state index contributed by atoms with van der Waals surface area (Å²) in [5.41, 5.74) is 3.80. The molecule has 1 aromatic carbocycles. The van der Waals surface area contributed by atoms with Gasteiger partial charge in [-0.1, -0.05) is 43.3 Å². The molecule has 0 aromatic heterocycles. The largest absolute Gasteiger partial charge is 0.481 e. The number of rotatable bonds is 2. The number of aryl methyl sites for hydroxylation is 1. The average molecular weight is 324 g/mol. The first-order valence-corrected chi connectivity index (χ1v) is 9.11. The second-order valence-electron chi connectivity index (χ2n) is 8.57. The van der Waals surface area contributed by atoms with Gasteiger partial charge in [0.2, 0.25) is 0 Å². The van der Waals surface area contributed by atoms with Crippen LogP contribution in [0.1, 0.15) is 50.2 Å². The summed E-state index contributed by atoms with van der Waals surface area (Å²) >= 11 is 0. The maximum atomic E-state index is 11.4. The van der Waals surface area contributed by atoms with Gasteiger partial charge in [-0.15, -0.1) is 0 Å². The lowest BCUT2D eigenvalue weighted by Gasteiger charge is -2.47. The second-order valence-corrected chi connectivity index (χ2v) is 8.57. The molecule has 3 nitrogen and oxygen atoms in total. The maximum Gasteiger partial charge on any atom is 0.303 e. The summed E-state index contributed by atoms with van der Waals surface area (Å²) in [6.45, 7) is 6.68. The van der Waals surface area contributed by atoms with E-state index in [2.05, 4.69) is 37.8 Å². The van der Waals surface area contributed by atoms with Crippen LogP contribution in [0.4, 0.5) is 0 Å². The highest BCUT2D eigenvalue weighted by molar-refractivity contribution is 5.67. The normalized spacial score (nSPS) is 45.0. The number of benzene rings is 1. The van der Waals surface area contributed by atoms with Crippen LogP contribution in [-0.4, -0.2) is 16.7 Å².